The molecule has 0 N–H and O–H groups in total. The summed E-state index contributed by atoms with van der Waals surface area (Å²) < 4.78 is 4.68. The van der Waals surface area contributed by atoms with Gasteiger partial charge in [-0.1, -0.05) is 0 Å². The smallest absolute Gasteiger partial charge is 0.409 e. The van der Waals surface area contributed by atoms with E-state index in [9.17, 15) is 14.4 Å². The lowest BCUT2D eigenvalue weighted by Crippen LogP contribution is -2.54. The summed E-state index contributed by atoms with van der Waals surface area (Å²) in [5.41, 5.74) is -0.527. The number of likely N-dealkylation sites (tertiary alicyclic amines) is 1. The maximum atomic E-state index is 11.5. The number of carbonyl (C=O) groups excluding carboxylic acids is 3. The van der Waals surface area contributed by atoms with E-state index in [0.717, 1.165) is 6.29 Å². The Kier molecular flexibility index (Phi) is 3.17. The highest BCUT2D eigenvalue weighted by Crippen LogP contribution is 2.43. The van der Waals surface area contributed by atoms with Crippen molar-refractivity contribution in [2.24, 2.45) is 11.3 Å². The standard InChI is InChI=1S/C12H17NO4/c1-17-11(16)13-5-3-9-6-10(15)2-4-12(9,7-13)8-14/h8-9H,2-7H2,1H3/t9-,12-/m0/s1. The minimum absolute atomic E-state index is 0.0992. The van der Waals surface area contributed by atoms with Crippen LogP contribution in [0.2, 0.25) is 0 Å². The molecule has 2 atom stereocenters. The predicted octanol–water partition coefficient (Wildman–Crippen LogP) is 1.01. The molecule has 1 aliphatic heterocycles. The summed E-state index contributed by atoms with van der Waals surface area (Å²) in [6.45, 7) is 0.960. The van der Waals surface area contributed by atoms with Gasteiger partial charge in [-0.25, -0.2) is 4.79 Å². The molecule has 1 saturated heterocycles. The van der Waals surface area contributed by atoms with E-state index < -0.39 is 5.41 Å². The molecular weight excluding hydrogens is 222 g/mol. The third-order valence-corrected chi connectivity index (χ3v) is 4.06. The van der Waals surface area contributed by atoms with Crippen LogP contribution in [0.5, 0.6) is 0 Å². The first kappa shape index (κ1) is 12.1. The van der Waals surface area contributed by atoms with E-state index in [4.69, 9.17) is 0 Å². The zero-order valence-electron chi connectivity index (χ0n) is 9.98. The molecule has 2 aliphatic rings. The number of hydrogen-bond acceptors (Lipinski definition) is 4. The number of ether oxygens (including phenoxy) is 1. The first-order chi connectivity index (χ1) is 8.11. The Bertz CT molecular complexity index is 354. The summed E-state index contributed by atoms with van der Waals surface area (Å²) in [5.74, 6) is 0.334. The van der Waals surface area contributed by atoms with Crippen LogP contribution in [0.4, 0.5) is 4.79 Å². The van der Waals surface area contributed by atoms with Gasteiger partial charge in [0.1, 0.15) is 12.1 Å². The molecular formula is C12H17NO4. The number of nitrogens with zero attached hydrogens (tertiary/aromatic N) is 1. The molecule has 94 valence electrons. The molecule has 0 radical (unpaired) electrons. The largest absolute Gasteiger partial charge is 0.453 e. The van der Waals surface area contributed by atoms with Gasteiger partial charge in [-0.15, -0.1) is 0 Å². The van der Waals surface area contributed by atoms with Crippen LogP contribution >= 0.6 is 0 Å². The van der Waals surface area contributed by atoms with E-state index in [1.54, 1.807) is 4.90 Å². The lowest BCUT2D eigenvalue weighted by Gasteiger charge is -2.46. The average Bonchev–Trinajstić information content (AvgIpc) is 2.37. The molecule has 5 heteroatoms. The maximum absolute atomic E-state index is 11.5. The quantitative estimate of drug-likeness (QED) is 0.641. The van der Waals surface area contributed by atoms with Crippen LogP contribution in [-0.4, -0.2) is 43.3 Å². The van der Waals surface area contributed by atoms with Crippen molar-refractivity contribution in [2.45, 2.75) is 25.7 Å². The number of fused-ring (bicyclic) bond motifs is 1. The monoisotopic (exact) mass is 239 g/mol. The maximum Gasteiger partial charge on any atom is 0.409 e. The van der Waals surface area contributed by atoms with Crippen LogP contribution in [0.3, 0.4) is 0 Å². The normalized spacial score (nSPS) is 32.9. The highest BCUT2D eigenvalue weighted by Gasteiger charge is 2.47. The van der Waals surface area contributed by atoms with Gasteiger partial charge in [0.05, 0.1) is 7.11 Å². The molecule has 5 nitrogen and oxygen atoms in total. The van der Waals surface area contributed by atoms with Crippen molar-refractivity contribution in [3.8, 4) is 0 Å². The van der Waals surface area contributed by atoms with Crippen LogP contribution in [0, 0.1) is 11.3 Å². The minimum atomic E-state index is -0.527. The highest BCUT2D eigenvalue weighted by molar-refractivity contribution is 5.82. The molecule has 2 rings (SSSR count). The van der Waals surface area contributed by atoms with Gasteiger partial charge in [-0.3, -0.25) is 4.79 Å². The van der Waals surface area contributed by atoms with Gasteiger partial charge in [0.25, 0.3) is 0 Å². The highest BCUT2D eigenvalue weighted by atomic mass is 16.5. The second kappa shape index (κ2) is 4.47. The number of aldehydes is 1. The molecule has 0 aromatic rings. The summed E-state index contributed by atoms with van der Waals surface area (Å²) >= 11 is 0. The number of methoxy groups -OCH3 is 1. The number of rotatable bonds is 1. The summed E-state index contributed by atoms with van der Waals surface area (Å²) in [6, 6.07) is 0. The first-order valence-corrected chi connectivity index (χ1v) is 5.92. The molecule has 0 unspecified atom stereocenters. The average molecular weight is 239 g/mol. The van der Waals surface area contributed by atoms with E-state index >= 15 is 0 Å². The third kappa shape index (κ3) is 2.06. The van der Waals surface area contributed by atoms with Crippen molar-refractivity contribution in [2.75, 3.05) is 20.2 Å². The van der Waals surface area contributed by atoms with E-state index in [1.807, 2.05) is 0 Å². The molecule has 1 aliphatic carbocycles. The SMILES string of the molecule is COC(=O)N1CC[C@H]2CC(=O)CC[C@@]2(C=O)C1. The van der Waals surface area contributed by atoms with Crippen molar-refractivity contribution in [1.82, 2.24) is 4.90 Å². The Balaban J connectivity index is 2.16. The summed E-state index contributed by atoms with van der Waals surface area (Å²) in [5, 5.41) is 0. The number of carbonyl (C=O) groups is 3. The zero-order chi connectivity index (χ0) is 12.5. The van der Waals surface area contributed by atoms with Gasteiger partial charge >= 0.3 is 6.09 Å². The predicted molar refractivity (Wildman–Crippen MR) is 59.4 cm³/mol. The van der Waals surface area contributed by atoms with Crippen LogP contribution in [0.1, 0.15) is 25.7 Å². The van der Waals surface area contributed by atoms with Gasteiger partial charge in [-0.2, -0.15) is 0 Å². The molecule has 0 spiro atoms. The van der Waals surface area contributed by atoms with Crippen LogP contribution in [0.25, 0.3) is 0 Å². The van der Waals surface area contributed by atoms with E-state index in [-0.39, 0.29) is 17.8 Å². The number of Topliss-reactive ketones (excluding diaryl/α,β-unsaturated/α-hetero) is 1. The number of ketones is 1. The Labute approximate surface area is 100 Å². The van der Waals surface area contributed by atoms with Crippen LogP contribution in [-0.2, 0) is 14.3 Å². The number of amides is 1. The van der Waals surface area contributed by atoms with Gasteiger partial charge in [0.15, 0.2) is 0 Å². The first-order valence-electron chi connectivity index (χ1n) is 5.92. The molecule has 0 aromatic carbocycles. The molecule has 1 saturated carbocycles. The van der Waals surface area contributed by atoms with Gasteiger partial charge in [-0.05, 0) is 18.8 Å². The van der Waals surface area contributed by atoms with Crippen molar-refractivity contribution in [3.63, 3.8) is 0 Å². The van der Waals surface area contributed by atoms with Crippen molar-refractivity contribution in [1.29, 1.82) is 0 Å². The Morgan fingerprint density at radius 1 is 1.59 bits per heavy atom. The Morgan fingerprint density at radius 2 is 2.35 bits per heavy atom. The summed E-state index contributed by atoms with van der Waals surface area (Å²) in [4.78, 5) is 35.9. The van der Waals surface area contributed by atoms with Crippen LogP contribution in [0.15, 0.2) is 0 Å². The van der Waals surface area contributed by atoms with Crippen molar-refractivity contribution < 1.29 is 19.1 Å². The molecule has 0 bridgehead atoms. The fourth-order valence-electron chi connectivity index (χ4n) is 2.98. The second-order valence-corrected chi connectivity index (χ2v) is 4.97. The fourth-order valence-corrected chi connectivity index (χ4v) is 2.98. The molecule has 17 heavy (non-hydrogen) atoms. The lowest BCUT2D eigenvalue weighted by molar-refractivity contribution is -0.134. The van der Waals surface area contributed by atoms with Crippen LogP contribution < -0.4 is 0 Å². The Morgan fingerprint density at radius 3 is 3.00 bits per heavy atom. The van der Waals surface area contributed by atoms with Crippen molar-refractivity contribution in [3.05, 3.63) is 0 Å². The topological polar surface area (TPSA) is 63.7 Å². The van der Waals surface area contributed by atoms with Gasteiger partial charge in [0.2, 0.25) is 0 Å². The number of hydrogen-bond donors (Lipinski definition) is 0. The zero-order valence-corrected chi connectivity index (χ0v) is 9.98. The Hall–Kier alpha value is -1.39. The van der Waals surface area contributed by atoms with Gasteiger partial charge in [0, 0.05) is 31.3 Å². The molecule has 0 aromatic heterocycles. The fraction of sp³-hybridized carbons (Fsp3) is 0.750. The summed E-state index contributed by atoms with van der Waals surface area (Å²) in [7, 11) is 1.34. The molecule has 2 fully saturated rings. The van der Waals surface area contributed by atoms with Crippen molar-refractivity contribution >= 4 is 18.2 Å². The number of piperidine rings is 1. The molecule has 1 heterocycles. The van der Waals surface area contributed by atoms with Gasteiger partial charge < -0.3 is 14.4 Å². The minimum Gasteiger partial charge on any atom is -0.453 e. The second-order valence-electron chi connectivity index (χ2n) is 4.97. The third-order valence-electron chi connectivity index (χ3n) is 4.06. The summed E-state index contributed by atoms with van der Waals surface area (Å²) in [6.07, 6.45) is 2.76. The van der Waals surface area contributed by atoms with E-state index in [1.165, 1.54) is 7.11 Å². The van der Waals surface area contributed by atoms with E-state index in [2.05, 4.69) is 4.74 Å². The lowest BCUT2D eigenvalue weighted by atomic mass is 9.63. The van der Waals surface area contributed by atoms with E-state index in [0.29, 0.717) is 38.8 Å². The molecule has 1 amide bonds.